The van der Waals surface area contributed by atoms with Crippen LogP contribution < -0.4 is 5.32 Å². The molecule has 0 aromatic carbocycles. The van der Waals surface area contributed by atoms with Crippen molar-refractivity contribution in [3.8, 4) is 0 Å². The molecule has 82 valence electrons. The molecule has 0 bridgehead atoms. The van der Waals surface area contributed by atoms with Crippen LogP contribution in [0.1, 0.15) is 46.0 Å². The fourth-order valence-electron chi connectivity index (χ4n) is 1.91. The normalized spacial score (nSPS) is 19.0. The number of carbonyl (C=O) groups is 1. The van der Waals surface area contributed by atoms with Crippen molar-refractivity contribution in [1.82, 2.24) is 5.32 Å². The predicted molar refractivity (Wildman–Crippen MR) is 59.3 cm³/mol. The zero-order chi connectivity index (χ0) is 10.4. The summed E-state index contributed by atoms with van der Waals surface area (Å²) in [5, 5.41) is 3.16. The number of carbonyl (C=O) groups excluding carboxylic acids is 1. The summed E-state index contributed by atoms with van der Waals surface area (Å²) in [6.45, 7) is 6.25. The smallest absolute Gasteiger partial charge is 0.138 e. The van der Waals surface area contributed by atoms with Gasteiger partial charge in [-0.1, -0.05) is 39.5 Å². The van der Waals surface area contributed by atoms with E-state index in [0.29, 0.717) is 17.6 Å². The van der Waals surface area contributed by atoms with Gasteiger partial charge >= 0.3 is 0 Å². The largest absolute Gasteiger partial charge is 0.315 e. The van der Waals surface area contributed by atoms with Crippen LogP contribution in [0.2, 0.25) is 0 Å². The molecule has 1 N–H and O–H groups in total. The van der Waals surface area contributed by atoms with E-state index in [1.165, 1.54) is 19.3 Å². The van der Waals surface area contributed by atoms with Gasteiger partial charge in [-0.2, -0.15) is 0 Å². The molecule has 1 aliphatic heterocycles. The summed E-state index contributed by atoms with van der Waals surface area (Å²) in [5.41, 5.74) is 0. The highest BCUT2D eigenvalue weighted by Gasteiger charge is 2.26. The third-order valence-electron chi connectivity index (χ3n) is 3.27. The van der Waals surface area contributed by atoms with Gasteiger partial charge in [0.05, 0.1) is 0 Å². The van der Waals surface area contributed by atoms with E-state index in [-0.39, 0.29) is 0 Å². The summed E-state index contributed by atoms with van der Waals surface area (Å²) in [5.74, 6) is 1.47. The first-order chi connectivity index (χ1) is 6.77. The van der Waals surface area contributed by atoms with Crippen molar-refractivity contribution in [3.05, 3.63) is 0 Å². The second-order valence-corrected chi connectivity index (χ2v) is 4.44. The molecule has 0 saturated carbocycles. The van der Waals surface area contributed by atoms with Gasteiger partial charge in [0.25, 0.3) is 0 Å². The third kappa shape index (κ3) is 3.41. The van der Waals surface area contributed by atoms with Gasteiger partial charge in [-0.05, 0) is 5.92 Å². The van der Waals surface area contributed by atoms with Crippen LogP contribution in [-0.4, -0.2) is 18.9 Å². The Labute approximate surface area is 87.5 Å². The summed E-state index contributed by atoms with van der Waals surface area (Å²) < 4.78 is 0. The first-order valence-corrected chi connectivity index (χ1v) is 6.01. The molecular formula is C12H23NO. The van der Waals surface area contributed by atoms with E-state index in [2.05, 4.69) is 19.2 Å². The lowest BCUT2D eigenvalue weighted by Gasteiger charge is -2.27. The molecule has 0 aliphatic carbocycles. The maximum atomic E-state index is 11.7. The number of nitrogens with one attached hydrogen (secondary N) is 1. The number of hydrogen-bond acceptors (Lipinski definition) is 2. The monoisotopic (exact) mass is 197 g/mol. The van der Waals surface area contributed by atoms with Gasteiger partial charge in [0.1, 0.15) is 5.78 Å². The summed E-state index contributed by atoms with van der Waals surface area (Å²) in [6, 6.07) is 0. The molecule has 0 aromatic heterocycles. The molecule has 1 fully saturated rings. The highest BCUT2D eigenvalue weighted by molar-refractivity contribution is 5.82. The zero-order valence-corrected chi connectivity index (χ0v) is 9.51. The number of rotatable bonds is 7. The zero-order valence-electron chi connectivity index (χ0n) is 9.51. The first kappa shape index (κ1) is 11.7. The van der Waals surface area contributed by atoms with Crippen molar-refractivity contribution in [3.63, 3.8) is 0 Å². The third-order valence-corrected chi connectivity index (χ3v) is 3.27. The minimum Gasteiger partial charge on any atom is -0.315 e. The Hall–Kier alpha value is -0.370. The molecule has 1 unspecified atom stereocenters. The van der Waals surface area contributed by atoms with Crippen LogP contribution >= 0.6 is 0 Å². The number of Topliss-reactive ketones (excluding diaryl/α,β-unsaturated/α-hetero) is 1. The van der Waals surface area contributed by atoms with Crippen molar-refractivity contribution in [1.29, 1.82) is 0 Å². The van der Waals surface area contributed by atoms with Crippen molar-refractivity contribution < 1.29 is 4.79 Å². The lowest BCUT2D eigenvalue weighted by atomic mass is 9.87. The van der Waals surface area contributed by atoms with E-state index in [1.54, 1.807) is 0 Å². The van der Waals surface area contributed by atoms with Gasteiger partial charge < -0.3 is 5.32 Å². The van der Waals surface area contributed by atoms with Gasteiger partial charge in [-0.25, -0.2) is 0 Å². The minimum atomic E-state index is 0.339. The topological polar surface area (TPSA) is 29.1 Å². The Morgan fingerprint density at radius 2 is 2.14 bits per heavy atom. The maximum Gasteiger partial charge on any atom is 0.138 e. The van der Waals surface area contributed by atoms with E-state index >= 15 is 0 Å². The molecule has 0 radical (unpaired) electrons. The Balaban J connectivity index is 2.20. The molecule has 1 saturated heterocycles. The van der Waals surface area contributed by atoms with E-state index in [9.17, 15) is 4.79 Å². The molecular weight excluding hydrogens is 174 g/mol. The minimum absolute atomic E-state index is 0.339. The molecule has 0 spiro atoms. The van der Waals surface area contributed by atoms with Crippen LogP contribution in [0.15, 0.2) is 0 Å². The highest BCUT2D eigenvalue weighted by Crippen LogP contribution is 2.20. The summed E-state index contributed by atoms with van der Waals surface area (Å²) >= 11 is 0. The Morgan fingerprint density at radius 1 is 1.43 bits per heavy atom. The van der Waals surface area contributed by atoms with E-state index in [1.807, 2.05) is 0 Å². The lowest BCUT2D eigenvalue weighted by molar-refractivity contribution is -0.125. The fraction of sp³-hybridized carbons (Fsp3) is 0.917. The molecule has 1 rings (SSSR count). The molecule has 14 heavy (non-hydrogen) atoms. The van der Waals surface area contributed by atoms with Crippen LogP contribution in [0.4, 0.5) is 0 Å². The average Bonchev–Trinajstić information content (AvgIpc) is 2.09. The second-order valence-electron chi connectivity index (χ2n) is 4.44. The van der Waals surface area contributed by atoms with Crippen molar-refractivity contribution >= 4 is 5.78 Å². The van der Waals surface area contributed by atoms with Crippen LogP contribution in [0.25, 0.3) is 0 Å². The van der Waals surface area contributed by atoms with Crippen LogP contribution in [-0.2, 0) is 4.79 Å². The van der Waals surface area contributed by atoms with Gasteiger partial charge in [0.2, 0.25) is 0 Å². The molecule has 1 heterocycles. The second kappa shape index (κ2) is 6.18. The Morgan fingerprint density at radius 3 is 2.57 bits per heavy atom. The van der Waals surface area contributed by atoms with Crippen LogP contribution in [0, 0.1) is 11.8 Å². The van der Waals surface area contributed by atoms with Gasteiger partial charge in [0, 0.05) is 25.4 Å². The summed E-state index contributed by atoms with van der Waals surface area (Å²) in [4.78, 5) is 11.7. The van der Waals surface area contributed by atoms with E-state index in [4.69, 9.17) is 0 Å². The van der Waals surface area contributed by atoms with Crippen molar-refractivity contribution in [2.75, 3.05) is 13.1 Å². The van der Waals surface area contributed by atoms with E-state index in [0.717, 1.165) is 25.9 Å². The average molecular weight is 197 g/mol. The molecule has 2 heteroatoms. The maximum absolute atomic E-state index is 11.7. The SMILES string of the molecule is CCCCC(CC)CC(=O)C1CNC1. The van der Waals surface area contributed by atoms with Gasteiger partial charge in [-0.15, -0.1) is 0 Å². The van der Waals surface area contributed by atoms with Crippen LogP contribution in [0.3, 0.4) is 0 Å². The Kier molecular flexibility index (Phi) is 5.16. The van der Waals surface area contributed by atoms with Gasteiger partial charge in [-0.3, -0.25) is 4.79 Å². The van der Waals surface area contributed by atoms with Crippen LogP contribution in [0.5, 0.6) is 0 Å². The molecule has 1 atom stereocenters. The highest BCUT2D eigenvalue weighted by atomic mass is 16.1. The van der Waals surface area contributed by atoms with Gasteiger partial charge in [0.15, 0.2) is 0 Å². The lowest BCUT2D eigenvalue weighted by Crippen LogP contribution is -2.46. The summed E-state index contributed by atoms with van der Waals surface area (Å²) in [7, 11) is 0. The number of hydrogen-bond donors (Lipinski definition) is 1. The molecule has 2 nitrogen and oxygen atoms in total. The number of unbranched alkanes of at least 4 members (excludes halogenated alkanes) is 1. The standard InChI is InChI=1S/C12H23NO/c1-3-5-6-10(4-2)7-12(14)11-8-13-9-11/h10-11,13H,3-9H2,1-2H3. The van der Waals surface area contributed by atoms with E-state index < -0.39 is 0 Å². The quantitative estimate of drug-likeness (QED) is 0.679. The fourth-order valence-corrected chi connectivity index (χ4v) is 1.91. The molecule has 1 aliphatic rings. The number of ketones is 1. The summed E-state index contributed by atoms with van der Waals surface area (Å²) in [6.07, 6.45) is 5.73. The van der Waals surface area contributed by atoms with Crippen molar-refractivity contribution in [2.45, 2.75) is 46.0 Å². The first-order valence-electron chi connectivity index (χ1n) is 6.01. The van der Waals surface area contributed by atoms with Crippen molar-refractivity contribution in [2.24, 2.45) is 11.8 Å². The Bertz CT molecular complexity index is 175. The molecule has 0 aromatic rings. The predicted octanol–water partition coefficient (Wildman–Crippen LogP) is 2.38. The molecule has 0 amide bonds.